The first-order valence-corrected chi connectivity index (χ1v) is 5.18. The molecule has 0 fully saturated rings. The van der Waals surface area contributed by atoms with Crippen LogP contribution in [-0.2, 0) is 7.05 Å². The van der Waals surface area contributed by atoms with E-state index in [0.717, 1.165) is 5.57 Å². The quantitative estimate of drug-likeness (QED) is 0.774. The number of nitrogen functional groups attached to an aromatic ring is 1. The molecule has 88 valence electrons. The predicted octanol–water partition coefficient (Wildman–Crippen LogP) is 1.04. The number of carbonyl (C=O) groups is 1. The number of nitrogens with zero attached hydrogens (tertiary/aromatic N) is 3. The van der Waals surface area contributed by atoms with E-state index >= 15 is 0 Å². The molecule has 2 N–H and O–H groups in total. The molecule has 0 saturated heterocycles. The average Bonchev–Trinajstić information content (AvgIpc) is 2.53. The van der Waals surface area contributed by atoms with E-state index in [0.29, 0.717) is 24.5 Å². The molecule has 5 nitrogen and oxygen atoms in total. The monoisotopic (exact) mass is 222 g/mol. The molecule has 0 aliphatic carbocycles. The van der Waals surface area contributed by atoms with Gasteiger partial charge in [-0.15, -0.1) is 0 Å². The number of anilines is 1. The van der Waals surface area contributed by atoms with E-state index in [1.807, 2.05) is 13.8 Å². The van der Waals surface area contributed by atoms with E-state index < -0.39 is 0 Å². The Morgan fingerprint density at radius 2 is 2.31 bits per heavy atom. The number of hydrogen-bond acceptors (Lipinski definition) is 3. The minimum Gasteiger partial charge on any atom is -0.396 e. The van der Waals surface area contributed by atoms with E-state index in [1.165, 1.54) is 4.68 Å². The summed E-state index contributed by atoms with van der Waals surface area (Å²) in [6, 6.07) is 0. The Balaban J connectivity index is 2.91. The molecule has 0 spiro atoms. The summed E-state index contributed by atoms with van der Waals surface area (Å²) < 4.78 is 1.54. The van der Waals surface area contributed by atoms with Crippen LogP contribution < -0.4 is 5.73 Å². The number of aromatic nitrogens is 2. The Bertz CT molecular complexity index is 408. The second kappa shape index (κ2) is 4.83. The van der Waals surface area contributed by atoms with Crippen LogP contribution in [0.5, 0.6) is 0 Å². The number of carbonyl (C=O) groups excluding carboxylic acids is 1. The standard InChI is InChI=1S/C11H18N4O/c1-5-15(6-8(2)3)11(16)10-9(12)7-14(4)13-10/h7H,2,5-6,12H2,1,3-4H3. The van der Waals surface area contributed by atoms with Gasteiger partial charge in [0.15, 0.2) is 5.69 Å². The third-order valence-corrected chi connectivity index (χ3v) is 2.19. The first-order valence-electron chi connectivity index (χ1n) is 5.18. The fraction of sp³-hybridized carbons (Fsp3) is 0.455. The molecule has 1 heterocycles. The fourth-order valence-corrected chi connectivity index (χ4v) is 1.48. The zero-order valence-corrected chi connectivity index (χ0v) is 10.0. The van der Waals surface area contributed by atoms with E-state index in [-0.39, 0.29) is 5.91 Å². The van der Waals surface area contributed by atoms with E-state index in [1.54, 1.807) is 18.1 Å². The number of aryl methyl sites for hydroxylation is 1. The number of amides is 1. The van der Waals surface area contributed by atoms with Crippen molar-refractivity contribution in [2.24, 2.45) is 7.05 Å². The van der Waals surface area contributed by atoms with Crippen LogP contribution >= 0.6 is 0 Å². The minimum absolute atomic E-state index is 0.149. The predicted molar refractivity (Wildman–Crippen MR) is 64.0 cm³/mol. The summed E-state index contributed by atoms with van der Waals surface area (Å²) >= 11 is 0. The molecule has 0 atom stereocenters. The first-order chi connectivity index (χ1) is 7.45. The average molecular weight is 222 g/mol. The van der Waals surface area contributed by atoms with Crippen LogP contribution in [0.2, 0.25) is 0 Å². The molecule has 0 aromatic carbocycles. The van der Waals surface area contributed by atoms with Crippen LogP contribution in [0.25, 0.3) is 0 Å². The molecule has 0 bridgehead atoms. The Morgan fingerprint density at radius 1 is 1.69 bits per heavy atom. The molecule has 0 saturated carbocycles. The summed E-state index contributed by atoms with van der Waals surface area (Å²) in [6.45, 7) is 8.74. The Kier molecular flexibility index (Phi) is 3.71. The summed E-state index contributed by atoms with van der Waals surface area (Å²) in [5.41, 5.74) is 7.37. The maximum absolute atomic E-state index is 12.1. The Labute approximate surface area is 95.5 Å². The van der Waals surface area contributed by atoms with E-state index in [9.17, 15) is 4.79 Å². The van der Waals surface area contributed by atoms with Crippen molar-refractivity contribution >= 4 is 11.6 Å². The summed E-state index contributed by atoms with van der Waals surface area (Å²) in [5, 5.41) is 4.06. The first kappa shape index (κ1) is 12.3. The van der Waals surface area contributed by atoms with Gasteiger partial charge >= 0.3 is 0 Å². The van der Waals surface area contributed by atoms with Crippen molar-refractivity contribution < 1.29 is 4.79 Å². The summed E-state index contributed by atoms with van der Waals surface area (Å²) in [4.78, 5) is 13.7. The highest BCUT2D eigenvalue weighted by atomic mass is 16.2. The van der Waals surface area contributed by atoms with Crippen LogP contribution in [0.3, 0.4) is 0 Å². The van der Waals surface area contributed by atoms with E-state index in [2.05, 4.69) is 11.7 Å². The normalized spacial score (nSPS) is 10.2. The number of nitrogens with two attached hydrogens (primary N) is 1. The second-order valence-electron chi connectivity index (χ2n) is 3.88. The van der Waals surface area contributed by atoms with Crippen LogP contribution in [0.4, 0.5) is 5.69 Å². The number of rotatable bonds is 4. The fourth-order valence-electron chi connectivity index (χ4n) is 1.48. The lowest BCUT2D eigenvalue weighted by Crippen LogP contribution is -2.33. The lowest BCUT2D eigenvalue weighted by molar-refractivity contribution is 0.0772. The second-order valence-corrected chi connectivity index (χ2v) is 3.88. The van der Waals surface area contributed by atoms with Gasteiger partial charge in [0.05, 0.1) is 5.69 Å². The Hall–Kier alpha value is -1.78. The molecule has 1 aromatic heterocycles. The number of likely N-dealkylation sites (N-methyl/N-ethyl adjacent to an activating group) is 1. The highest BCUT2D eigenvalue weighted by molar-refractivity contribution is 5.97. The molecular formula is C11H18N4O. The zero-order valence-electron chi connectivity index (χ0n) is 10.0. The molecule has 5 heteroatoms. The van der Waals surface area contributed by atoms with Crippen molar-refractivity contribution in [3.8, 4) is 0 Å². The maximum atomic E-state index is 12.1. The van der Waals surface area contributed by atoms with Crippen LogP contribution in [0, 0.1) is 0 Å². The smallest absolute Gasteiger partial charge is 0.276 e. The molecule has 16 heavy (non-hydrogen) atoms. The zero-order chi connectivity index (χ0) is 12.3. The minimum atomic E-state index is -0.149. The lowest BCUT2D eigenvalue weighted by atomic mass is 10.2. The maximum Gasteiger partial charge on any atom is 0.276 e. The lowest BCUT2D eigenvalue weighted by Gasteiger charge is -2.19. The van der Waals surface area contributed by atoms with Crippen molar-refractivity contribution in [1.82, 2.24) is 14.7 Å². The highest BCUT2D eigenvalue weighted by Crippen LogP contribution is 2.12. The van der Waals surface area contributed by atoms with Crippen molar-refractivity contribution in [3.63, 3.8) is 0 Å². The van der Waals surface area contributed by atoms with Gasteiger partial charge in [0, 0.05) is 26.3 Å². The van der Waals surface area contributed by atoms with Crippen LogP contribution in [-0.4, -0.2) is 33.7 Å². The van der Waals surface area contributed by atoms with Gasteiger partial charge in [-0.3, -0.25) is 9.48 Å². The summed E-state index contributed by atoms with van der Waals surface area (Å²) in [7, 11) is 1.74. The molecule has 0 aliphatic heterocycles. The topological polar surface area (TPSA) is 64.2 Å². The summed E-state index contributed by atoms with van der Waals surface area (Å²) in [6.07, 6.45) is 1.63. The molecule has 0 aliphatic rings. The van der Waals surface area contributed by atoms with Gasteiger partial charge in [-0.2, -0.15) is 5.10 Å². The van der Waals surface area contributed by atoms with Gasteiger partial charge in [0.1, 0.15) is 0 Å². The Morgan fingerprint density at radius 3 is 2.69 bits per heavy atom. The van der Waals surface area contributed by atoms with Crippen LogP contribution in [0.1, 0.15) is 24.3 Å². The van der Waals surface area contributed by atoms with Gasteiger partial charge < -0.3 is 10.6 Å². The van der Waals surface area contributed by atoms with Crippen molar-refractivity contribution in [3.05, 3.63) is 24.0 Å². The number of hydrogen-bond donors (Lipinski definition) is 1. The van der Waals surface area contributed by atoms with Crippen molar-refractivity contribution in [1.29, 1.82) is 0 Å². The SMILES string of the molecule is C=C(C)CN(CC)C(=O)c1nn(C)cc1N. The molecule has 0 unspecified atom stereocenters. The molecule has 1 rings (SSSR count). The van der Waals surface area contributed by atoms with Gasteiger partial charge in [0.2, 0.25) is 0 Å². The van der Waals surface area contributed by atoms with Gasteiger partial charge in [-0.05, 0) is 13.8 Å². The van der Waals surface area contributed by atoms with Gasteiger partial charge in [-0.25, -0.2) is 0 Å². The van der Waals surface area contributed by atoms with Crippen LogP contribution in [0.15, 0.2) is 18.3 Å². The largest absolute Gasteiger partial charge is 0.396 e. The molecule has 0 radical (unpaired) electrons. The van der Waals surface area contributed by atoms with Gasteiger partial charge in [-0.1, -0.05) is 12.2 Å². The highest BCUT2D eigenvalue weighted by Gasteiger charge is 2.19. The third-order valence-electron chi connectivity index (χ3n) is 2.19. The molecule has 1 amide bonds. The van der Waals surface area contributed by atoms with Crippen molar-refractivity contribution in [2.75, 3.05) is 18.8 Å². The molecule has 1 aromatic rings. The summed E-state index contributed by atoms with van der Waals surface area (Å²) in [5.74, 6) is -0.149. The molecular weight excluding hydrogens is 204 g/mol. The van der Waals surface area contributed by atoms with E-state index in [4.69, 9.17) is 5.73 Å². The van der Waals surface area contributed by atoms with Crippen molar-refractivity contribution in [2.45, 2.75) is 13.8 Å². The van der Waals surface area contributed by atoms with Gasteiger partial charge in [0.25, 0.3) is 5.91 Å². The third kappa shape index (κ3) is 2.62.